The average Bonchev–Trinajstić information content (AvgIpc) is 1.95. The molecule has 0 bridgehead atoms. The Hall–Kier alpha value is -1.10. The van der Waals surface area contributed by atoms with Crippen molar-refractivity contribution in [2.45, 2.75) is 51.9 Å². The summed E-state index contributed by atoms with van der Waals surface area (Å²) in [5.74, 6) is -0.165. The summed E-state index contributed by atoms with van der Waals surface area (Å²) >= 11 is 0. The van der Waals surface area contributed by atoms with Gasteiger partial charge >= 0.3 is 0 Å². The van der Waals surface area contributed by atoms with Crippen molar-refractivity contribution in [3.63, 3.8) is 0 Å². The molecule has 96 valence electrons. The number of rotatable bonds is 8. The van der Waals surface area contributed by atoms with Gasteiger partial charge in [-0.2, -0.15) is 0 Å². The van der Waals surface area contributed by atoms with Crippen molar-refractivity contribution in [1.82, 2.24) is 0 Å². The molecule has 17 heavy (non-hydrogen) atoms. The number of carbonyl (C=O) groups excluding carboxylic acids is 4. The fraction of sp³-hybridized carbons (Fsp3) is 0.667. The van der Waals surface area contributed by atoms with Gasteiger partial charge in [0.15, 0.2) is 0 Å². The fourth-order valence-electron chi connectivity index (χ4n) is 2.49. The molecule has 0 saturated heterocycles. The summed E-state index contributed by atoms with van der Waals surface area (Å²) in [6, 6.07) is 0.967. The molecule has 0 N–H and O–H groups in total. The maximum atomic E-state index is 11.3. The molecule has 0 radical (unpaired) electrons. The lowest BCUT2D eigenvalue weighted by atomic mass is 10.5. The molecule has 0 heterocycles. The van der Waals surface area contributed by atoms with E-state index < -0.39 is 8.07 Å². The Morgan fingerprint density at radius 2 is 0.765 bits per heavy atom. The second kappa shape index (κ2) is 6.59. The van der Waals surface area contributed by atoms with E-state index >= 15 is 0 Å². The van der Waals surface area contributed by atoms with Gasteiger partial charge in [-0.3, -0.25) is 0 Å². The topological polar surface area (TPSA) is 68.3 Å². The smallest absolute Gasteiger partial charge is 0.127 e. The first-order valence-electron chi connectivity index (χ1n) is 5.64. The minimum absolute atomic E-state index is 0.0413. The van der Waals surface area contributed by atoms with Crippen molar-refractivity contribution >= 4 is 31.2 Å². The second-order valence-electron chi connectivity index (χ2n) is 5.02. The summed E-state index contributed by atoms with van der Waals surface area (Å²) in [4.78, 5) is 45.2. The van der Waals surface area contributed by atoms with E-state index in [0.29, 0.717) is 0 Å². The lowest BCUT2D eigenvalue weighted by Crippen LogP contribution is -2.41. The molecule has 4 nitrogen and oxygen atoms in total. The largest absolute Gasteiger partial charge is 0.300 e. The quantitative estimate of drug-likeness (QED) is 0.621. The van der Waals surface area contributed by atoms with Crippen LogP contribution in [0.3, 0.4) is 0 Å². The van der Waals surface area contributed by atoms with Crippen LogP contribution in [0.2, 0.25) is 24.2 Å². The Morgan fingerprint density at radius 3 is 0.882 bits per heavy atom. The average molecular weight is 256 g/mol. The third-order valence-corrected chi connectivity index (χ3v) is 7.49. The van der Waals surface area contributed by atoms with Crippen LogP contribution in [-0.2, 0) is 19.2 Å². The van der Waals surface area contributed by atoms with Gasteiger partial charge in [-0.15, -0.1) is 0 Å². The summed E-state index contributed by atoms with van der Waals surface area (Å²) in [5, 5.41) is 0. The third-order valence-electron chi connectivity index (χ3n) is 2.50. The molecule has 0 rings (SSSR count). The minimum Gasteiger partial charge on any atom is -0.300 e. The molecule has 0 aromatic carbocycles. The van der Waals surface area contributed by atoms with Gasteiger partial charge in [-0.25, -0.2) is 0 Å². The van der Waals surface area contributed by atoms with Crippen LogP contribution in [-0.4, -0.2) is 31.2 Å². The van der Waals surface area contributed by atoms with E-state index in [2.05, 4.69) is 0 Å². The molecule has 0 aromatic heterocycles. The number of hydrogen-bond donors (Lipinski definition) is 0. The van der Waals surface area contributed by atoms with E-state index in [1.54, 1.807) is 0 Å². The summed E-state index contributed by atoms with van der Waals surface area (Å²) in [5.41, 5.74) is 0. The zero-order chi connectivity index (χ0) is 13.6. The maximum absolute atomic E-state index is 11.3. The number of Topliss-reactive ketones (excluding diaryl/α,β-unsaturated/α-hetero) is 4. The number of ketones is 4. The van der Waals surface area contributed by atoms with E-state index in [1.165, 1.54) is 27.7 Å². The van der Waals surface area contributed by atoms with Crippen molar-refractivity contribution in [1.29, 1.82) is 0 Å². The molecule has 0 aliphatic rings. The molecule has 5 heteroatoms. The molecule has 0 aliphatic heterocycles. The minimum atomic E-state index is -2.45. The highest BCUT2D eigenvalue weighted by Gasteiger charge is 2.38. The fourth-order valence-corrected chi connectivity index (χ4v) is 7.46. The highest BCUT2D eigenvalue weighted by molar-refractivity contribution is 6.88. The van der Waals surface area contributed by atoms with Gasteiger partial charge in [0.05, 0.1) is 8.07 Å². The van der Waals surface area contributed by atoms with Crippen molar-refractivity contribution in [2.75, 3.05) is 0 Å². The van der Waals surface area contributed by atoms with Crippen LogP contribution in [0, 0.1) is 0 Å². The number of carbonyl (C=O) groups is 4. The zero-order valence-corrected chi connectivity index (χ0v) is 12.0. The molecular weight excluding hydrogens is 236 g/mol. The van der Waals surface area contributed by atoms with Crippen LogP contribution in [0.4, 0.5) is 0 Å². The molecule has 0 aromatic rings. The first kappa shape index (κ1) is 15.9. The normalized spacial score (nSPS) is 11.1. The van der Waals surface area contributed by atoms with Gasteiger partial charge in [-0.05, 0) is 27.7 Å². The second-order valence-corrected chi connectivity index (χ2v) is 9.43. The van der Waals surface area contributed by atoms with E-state index in [0.717, 1.165) is 0 Å². The summed E-state index contributed by atoms with van der Waals surface area (Å²) in [6.07, 6.45) is 0. The van der Waals surface area contributed by atoms with Gasteiger partial charge in [0.2, 0.25) is 0 Å². The summed E-state index contributed by atoms with van der Waals surface area (Å²) in [6.45, 7) is 5.79. The Balaban J connectivity index is 5.16. The molecule has 0 atom stereocenters. The van der Waals surface area contributed by atoms with Crippen LogP contribution in [0.1, 0.15) is 27.7 Å². The lowest BCUT2D eigenvalue weighted by molar-refractivity contribution is -0.115. The highest BCUT2D eigenvalue weighted by atomic mass is 28.3. The SMILES string of the molecule is CC(=O)C[Si](CC(C)=O)(CC(C)=O)CC(C)=O. The van der Waals surface area contributed by atoms with Crippen molar-refractivity contribution < 1.29 is 19.2 Å². The van der Waals surface area contributed by atoms with E-state index in [1.807, 2.05) is 0 Å². The molecule has 0 spiro atoms. The monoisotopic (exact) mass is 256 g/mol. The van der Waals surface area contributed by atoms with Gasteiger partial charge in [0, 0.05) is 24.2 Å². The van der Waals surface area contributed by atoms with Crippen molar-refractivity contribution in [3.05, 3.63) is 0 Å². The summed E-state index contributed by atoms with van der Waals surface area (Å²) in [7, 11) is -2.45. The first-order valence-corrected chi connectivity index (χ1v) is 8.47. The van der Waals surface area contributed by atoms with Gasteiger partial charge in [-0.1, -0.05) is 0 Å². The Morgan fingerprint density at radius 1 is 0.588 bits per heavy atom. The van der Waals surface area contributed by atoms with Crippen LogP contribution >= 0.6 is 0 Å². The van der Waals surface area contributed by atoms with E-state index in [4.69, 9.17) is 0 Å². The van der Waals surface area contributed by atoms with Crippen LogP contribution in [0.25, 0.3) is 0 Å². The number of hydrogen-bond acceptors (Lipinski definition) is 4. The van der Waals surface area contributed by atoms with Gasteiger partial charge in [0.1, 0.15) is 23.1 Å². The van der Waals surface area contributed by atoms with Crippen LogP contribution < -0.4 is 0 Å². The highest BCUT2D eigenvalue weighted by Crippen LogP contribution is 2.27. The Labute approximate surface area is 103 Å². The van der Waals surface area contributed by atoms with Gasteiger partial charge < -0.3 is 19.2 Å². The lowest BCUT2D eigenvalue weighted by Gasteiger charge is -2.27. The zero-order valence-electron chi connectivity index (χ0n) is 11.0. The van der Waals surface area contributed by atoms with E-state index in [9.17, 15) is 19.2 Å². The maximum Gasteiger partial charge on any atom is 0.127 e. The molecule has 0 aliphatic carbocycles. The predicted octanol–water partition coefficient (Wildman–Crippen LogP) is 1.79. The predicted molar refractivity (Wildman–Crippen MR) is 67.7 cm³/mol. The first-order chi connectivity index (χ1) is 7.67. The summed E-state index contributed by atoms with van der Waals surface area (Å²) < 4.78 is 0. The molecule has 0 unspecified atom stereocenters. The molecule has 0 fully saturated rings. The standard InChI is InChI=1S/C12H20O4Si/c1-9(13)5-17(6-10(2)14,7-11(3)15)8-12(4)16/h5-8H2,1-4H3. The van der Waals surface area contributed by atoms with Crippen LogP contribution in [0.5, 0.6) is 0 Å². The third kappa shape index (κ3) is 6.94. The Kier molecular flexibility index (Phi) is 6.16. The molecule has 0 amide bonds. The van der Waals surface area contributed by atoms with Gasteiger partial charge in [0.25, 0.3) is 0 Å². The Bertz CT molecular complexity index is 277. The molecular formula is C12H20O4Si. The van der Waals surface area contributed by atoms with Crippen molar-refractivity contribution in [3.8, 4) is 0 Å². The van der Waals surface area contributed by atoms with Crippen LogP contribution in [0.15, 0.2) is 0 Å². The molecule has 0 saturated carbocycles. The van der Waals surface area contributed by atoms with Crippen molar-refractivity contribution in [2.24, 2.45) is 0 Å². The van der Waals surface area contributed by atoms with E-state index in [-0.39, 0.29) is 47.3 Å².